The molecule has 1 aliphatic rings. The molecule has 0 bridgehead atoms. The summed E-state index contributed by atoms with van der Waals surface area (Å²) in [6, 6.07) is 22.6. The van der Waals surface area contributed by atoms with Crippen molar-refractivity contribution in [2.24, 2.45) is 0 Å². The molecule has 0 fully saturated rings. The van der Waals surface area contributed by atoms with Gasteiger partial charge in [-0.15, -0.1) is 0 Å². The minimum Gasteiger partial charge on any atom is -0.441 e. The van der Waals surface area contributed by atoms with Gasteiger partial charge in [-0.25, -0.2) is 4.79 Å². The largest absolute Gasteiger partial charge is 0.441 e. The summed E-state index contributed by atoms with van der Waals surface area (Å²) in [5, 5.41) is 0. The van der Waals surface area contributed by atoms with Gasteiger partial charge in [0.2, 0.25) is 0 Å². The second-order valence-electron chi connectivity index (χ2n) is 8.86. The number of cyclic esters (lactones) is 1. The summed E-state index contributed by atoms with van der Waals surface area (Å²) in [4.78, 5) is 19.6. The smallest absolute Gasteiger partial charge is 0.340 e. The quantitative estimate of drug-likeness (QED) is 0.473. The van der Waals surface area contributed by atoms with Crippen LogP contribution in [-0.2, 0) is 10.3 Å². The Kier molecular flexibility index (Phi) is 6.07. The summed E-state index contributed by atoms with van der Waals surface area (Å²) in [5.74, 6) is -0.288. The predicted octanol–water partition coefficient (Wildman–Crippen LogP) is 5.13. The number of carbonyl (C=O) groups is 1. The number of carbonyl (C=O) groups excluding carboxylic acids is 1. The molecule has 1 aliphatic heterocycles. The molecule has 33 heavy (non-hydrogen) atoms. The number of ether oxygens (including phenoxy) is 1. The zero-order valence-electron chi connectivity index (χ0n) is 20.4. The van der Waals surface area contributed by atoms with Crippen LogP contribution in [0.1, 0.15) is 40.9 Å². The molecule has 0 N–H and O–H groups in total. The van der Waals surface area contributed by atoms with Gasteiger partial charge in [-0.3, -0.25) is 0 Å². The number of nitrogens with zero attached hydrogens (tertiary/aromatic N) is 3. The van der Waals surface area contributed by atoms with Gasteiger partial charge in [-0.1, -0.05) is 24.3 Å². The zero-order chi connectivity index (χ0) is 23.8. The normalized spacial score (nSPS) is 13.9. The average Bonchev–Trinajstić information content (AvgIpc) is 3.13. The zero-order valence-corrected chi connectivity index (χ0v) is 20.4. The van der Waals surface area contributed by atoms with Crippen LogP contribution in [0.25, 0.3) is 0 Å². The number of hydrogen-bond donors (Lipinski definition) is 0. The lowest BCUT2D eigenvalue weighted by Crippen LogP contribution is -2.30. The number of fused-ring (bicyclic) bond motifs is 1. The van der Waals surface area contributed by atoms with E-state index in [0.717, 1.165) is 46.8 Å². The Balaban J connectivity index is 1.96. The second kappa shape index (κ2) is 8.81. The molecule has 5 nitrogen and oxygen atoms in total. The number of esters is 1. The summed E-state index contributed by atoms with van der Waals surface area (Å²) >= 11 is 0. The van der Waals surface area contributed by atoms with Crippen molar-refractivity contribution in [2.75, 3.05) is 56.0 Å². The van der Waals surface area contributed by atoms with Crippen molar-refractivity contribution in [1.82, 2.24) is 0 Å². The SMILES string of the molecule is CCN(CC)c1ccc2c(c1)C(c1ccc(N(C)C)cc1)(c1ccc(N(C)C)cc1)OC2=O. The molecule has 1 heterocycles. The van der Waals surface area contributed by atoms with Crippen molar-refractivity contribution in [3.05, 3.63) is 89.0 Å². The molecule has 0 aliphatic carbocycles. The van der Waals surface area contributed by atoms with Crippen molar-refractivity contribution in [2.45, 2.75) is 19.4 Å². The highest BCUT2D eigenvalue weighted by molar-refractivity contribution is 5.97. The van der Waals surface area contributed by atoms with Gasteiger partial charge in [0.25, 0.3) is 0 Å². The molecule has 0 spiro atoms. The van der Waals surface area contributed by atoms with Gasteiger partial charge in [0.05, 0.1) is 5.56 Å². The minimum atomic E-state index is -0.995. The third kappa shape index (κ3) is 3.82. The van der Waals surface area contributed by atoms with E-state index in [1.54, 1.807) is 0 Å². The monoisotopic (exact) mass is 443 g/mol. The Labute approximate surface area is 197 Å². The minimum absolute atomic E-state index is 0.288. The van der Waals surface area contributed by atoms with Crippen LogP contribution in [0.5, 0.6) is 0 Å². The fourth-order valence-corrected chi connectivity index (χ4v) is 4.62. The lowest BCUT2D eigenvalue weighted by atomic mass is 9.79. The average molecular weight is 444 g/mol. The van der Waals surface area contributed by atoms with E-state index in [1.165, 1.54) is 0 Å². The fourth-order valence-electron chi connectivity index (χ4n) is 4.62. The summed E-state index contributed by atoms with van der Waals surface area (Å²) in [5.41, 5.74) is 5.69. The highest BCUT2D eigenvalue weighted by Gasteiger charge is 2.48. The third-order valence-corrected chi connectivity index (χ3v) is 6.56. The molecule has 4 rings (SSSR count). The Morgan fingerprint density at radius 3 is 1.58 bits per heavy atom. The molecule has 5 heteroatoms. The standard InChI is InChI=1S/C28H33N3O2/c1-7-31(8-2)24-17-18-25-26(19-24)28(33-27(25)32,20-9-13-22(14-10-20)29(3)4)21-11-15-23(16-12-21)30(5)6/h9-19H,7-8H2,1-6H3. The van der Waals surface area contributed by atoms with Gasteiger partial charge >= 0.3 is 5.97 Å². The van der Waals surface area contributed by atoms with E-state index < -0.39 is 5.60 Å². The van der Waals surface area contributed by atoms with Gasteiger partial charge < -0.3 is 19.4 Å². The molecule has 3 aromatic rings. The Morgan fingerprint density at radius 1 is 0.697 bits per heavy atom. The van der Waals surface area contributed by atoms with Crippen LogP contribution >= 0.6 is 0 Å². The Hall–Kier alpha value is -3.47. The van der Waals surface area contributed by atoms with Crippen LogP contribution in [0, 0.1) is 0 Å². The second-order valence-corrected chi connectivity index (χ2v) is 8.86. The van der Waals surface area contributed by atoms with Gasteiger partial charge in [-0.2, -0.15) is 0 Å². The summed E-state index contributed by atoms with van der Waals surface area (Å²) in [7, 11) is 8.08. The van der Waals surface area contributed by atoms with Crippen molar-refractivity contribution >= 4 is 23.0 Å². The first-order chi connectivity index (χ1) is 15.8. The van der Waals surface area contributed by atoms with E-state index in [4.69, 9.17) is 4.74 Å². The molecule has 0 atom stereocenters. The lowest BCUT2D eigenvalue weighted by Gasteiger charge is -2.32. The van der Waals surface area contributed by atoms with E-state index in [1.807, 2.05) is 40.3 Å². The number of rotatable bonds is 7. The summed E-state index contributed by atoms with van der Waals surface area (Å²) in [6.07, 6.45) is 0. The maximum absolute atomic E-state index is 13.1. The van der Waals surface area contributed by atoms with Crippen molar-refractivity contribution in [1.29, 1.82) is 0 Å². The molecule has 3 aromatic carbocycles. The maximum Gasteiger partial charge on any atom is 0.340 e. The molecule has 0 saturated heterocycles. The van der Waals surface area contributed by atoms with Gasteiger partial charge in [0.1, 0.15) is 0 Å². The lowest BCUT2D eigenvalue weighted by molar-refractivity contribution is 0.0251. The first-order valence-electron chi connectivity index (χ1n) is 11.5. The van der Waals surface area contributed by atoms with E-state index in [0.29, 0.717) is 5.56 Å². The van der Waals surface area contributed by atoms with Crippen LogP contribution in [0.4, 0.5) is 17.1 Å². The van der Waals surface area contributed by atoms with Crippen LogP contribution in [-0.4, -0.2) is 47.2 Å². The Bertz CT molecular complexity index is 1080. The summed E-state index contributed by atoms with van der Waals surface area (Å²) in [6.45, 7) is 6.08. The molecule has 0 radical (unpaired) electrons. The van der Waals surface area contributed by atoms with Crippen LogP contribution in [0.3, 0.4) is 0 Å². The molecular weight excluding hydrogens is 410 g/mol. The molecule has 0 unspecified atom stereocenters. The first-order valence-corrected chi connectivity index (χ1v) is 11.5. The number of anilines is 3. The Morgan fingerprint density at radius 2 is 1.15 bits per heavy atom. The van der Waals surface area contributed by atoms with Crippen molar-refractivity contribution in [3.8, 4) is 0 Å². The van der Waals surface area contributed by atoms with E-state index in [9.17, 15) is 4.79 Å². The molecule has 172 valence electrons. The highest BCUT2D eigenvalue weighted by Crippen LogP contribution is 2.48. The predicted molar refractivity (Wildman–Crippen MR) is 137 cm³/mol. The molecule has 0 amide bonds. The number of hydrogen-bond acceptors (Lipinski definition) is 5. The van der Waals surface area contributed by atoms with Gasteiger partial charge in [0.15, 0.2) is 5.60 Å². The van der Waals surface area contributed by atoms with E-state index in [-0.39, 0.29) is 5.97 Å². The molecular formula is C28H33N3O2. The van der Waals surface area contributed by atoms with E-state index in [2.05, 4.69) is 83.1 Å². The summed E-state index contributed by atoms with van der Waals surface area (Å²) < 4.78 is 6.31. The van der Waals surface area contributed by atoms with Crippen molar-refractivity contribution < 1.29 is 9.53 Å². The number of benzene rings is 3. The third-order valence-electron chi connectivity index (χ3n) is 6.56. The van der Waals surface area contributed by atoms with Crippen LogP contribution in [0.2, 0.25) is 0 Å². The van der Waals surface area contributed by atoms with Gasteiger partial charge in [-0.05, 0) is 56.3 Å². The topological polar surface area (TPSA) is 36.0 Å². The molecule has 0 aromatic heterocycles. The maximum atomic E-state index is 13.1. The molecule has 0 saturated carbocycles. The van der Waals surface area contributed by atoms with Crippen molar-refractivity contribution in [3.63, 3.8) is 0 Å². The fraction of sp³-hybridized carbons (Fsp3) is 0.321. The highest BCUT2D eigenvalue weighted by atomic mass is 16.6. The van der Waals surface area contributed by atoms with Crippen LogP contribution in [0.15, 0.2) is 66.7 Å². The van der Waals surface area contributed by atoms with E-state index >= 15 is 0 Å². The first kappa shape index (κ1) is 22.7. The van der Waals surface area contributed by atoms with Crippen LogP contribution < -0.4 is 14.7 Å². The van der Waals surface area contributed by atoms with Gasteiger partial charge in [0, 0.05) is 75.0 Å².